The maximum absolute atomic E-state index is 13.2. The van der Waals surface area contributed by atoms with E-state index in [1.165, 1.54) is 19.3 Å². The first kappa shape index (κ1) is 27.4. The molecule has 0 saturated carbocycles. The molecule has 33 heavy (non-hydrogen) atoms. The maximum atomic E-state index is 13.2. The third-order valence-corrected chi connectivity index (χ3v) is 6.44. The van der Waals surface area contributed by atoms with E-state index in [1.807, 2.05) is 70.6 Å². The highest BCUT2D eigenvalue weighted by molar-refractivity contribution is 8.93. The van der Waals surface area contributed by atoms with Crippen molar-refractivity contribution in [2.75, 3.05) is 19.6 Å². The highest BCUT2D eigenvalue weighted by Crippen LogP contribution is 2.39. The summed E-state index contributed by atoms with van der Waals surface area (Å²) in [5.41, 5.74) is 1.93. The van der Waals surface area contributed by atoms with Gasteiger partial charge in [-0.25, -0.2) is 0 Å². The SMILES string of the molecule is Br.CC(C)(C)c1cc(C(=O)Cn2ccn(CCN3CCCCC3)c2=N)cc(C(C)(C)C)c1O. The fourth-order valence-electron chi connectivity index (χ4n) is 4.39. The van der Waals surface area contributed by atoms with Crippen molar-refractivity contribution in [3.8, 4) is 5.75 Å². The number of hydrogen-bond acceptors (Lipinski definition) is 4. The number of benzene rings is 1. The van der Waals surface area contributed by atoms with E-state index in [0.29, 0.717) is 11.2 Å². The molecule has 0 amide bonds. The summed E-state index contributed by atoms with van der Waals surface area (Å²) >= 11 is 0. The minimum Gasteiger partial charge on any atom is -0.507 e. The van der Waals surface area contributed by atoms with Gasteiger partial charge in [0.25, 0.3) is 0 Å². The third-order valence-electron chi connectivity index (χ3n) is 6.44. The van der Waals surface area contributed by atoms with E-state index in [4.69, 9.17) is 5.41 Å². The fourth-order valence-corrected chi connectivity index (χ4v) is 4.39. The summed E-state index contributed by atoms with van der Waals surface area (Å²) < 4.78 is 3.62. The Morgan fingerprint density at radius 2 is 1.42 bits per heavy atom. The fraction of sp³-hybridized carbons (Fsp3) is 0.615. The van der Waals surface area contributed by atoms with E-state index in [9.17, 15) is 9.90 Å². The van der Waals surface area contributed by atoms with Gasteiger partial charge in [0.15, 0.2) is 5.78 Å². The van der Waals surface area contributed by atoms with Crippen LogP contribution in [-0.2, 0) is 23.9 Å². The van der Waals surface area contributed by atoms with Gasteiger partial charge in [-0.15, -0.1) is 17.0 Å². The lowest BCUT2D eigenvalue weighted by atomic mass is 9.78. The van der Waals surface area contributed by atoms with Crippen LogP contribution < -0.4 is 5.62 Å². The van der Waals surface area contributed by atoms with Gasteiger partial charge >= 0.3 is 0 Å². The normalized spacial score (nSPS) is 15.3. The Balaban J connectivity index is 0.00000385. The molecule has 0 bridgehead atoms. The van der Waals surface area contributed by atoms with Crippen LogP contribution in [0, 0.1) is 5.41 Å². The van der Waals surface area contributed by atoms with E-state index in [0.717, 1.165) is 37.3 Å². The number of phenols is 1. The molecule has 0 aliphatic carbocycles. The lowest BCUT2D eigenvalue weighted by molar-refractivity contribution is 0.0969. The van der Waals surface area contributed by atoms with Crippen molar-refractivity contribution < 1.29 is 9.90 Å². The van der Waals surface area contributed by atoms with Crippen molar-refractivity contribution >= 4 is 22.8 Å². The quantitative estimate of drug-likeness (QED) is 0.525. The summed E-state index contributed by atoms with van der Waals surface area (Å²) in [5, 5.41) is 19.4. The molecule has 1 aliphatic rings. The number of aromatic hydroxyl groups is 1. The number of likely N-dealkylation sites (tertiary alicyclic amines) is 1. The second kappa shape index (κ2) is 10.6. The zero-order chi connectivity index (χ0) is 23.7. The van der Waals surface area contributed by atoms with E-state index in [1.54, 1.807) is 4.57 Å². The number of piperidine rings is 1. The lowest BCUT2D eigenvalue weighted by Crippen LogP contribution is -2.35. The highest BCUT2D eigenvalue weighted by Gasteiger charge is 2.28. The summed E-state index contributed by atoms with van der Waals surface area (Å²) in [6.07, 6.45) is 7.56. The van der Waals surface area contributed by atoms with Gasteiger partial charge in [-0.2, -0.15) is 0 Å². The molecule has 1 saturated heterocycles. The molecule has 3 rings (SSSR count). The van der Waals surface area contributed by atoms with Crippen LogP contribution >= 0.6 is 17.0 Å². The van der Waals surface area contributed by atoms with E-state index in [-0.39, 0.29) is 45.9 Å². The molecule has 1 fully saturated rings. The predicted octanol–water partition coefficient (Wildman–Crippen LogP) is 5.02. The summed E-state index contributed by atoms with van der Waals surface area (Å²) in [7, 11) is 0. The molecule has 1 aliphatic heterocycles. The molecule has 1 aromatic heterocycles. The molecule has 2 heterocycles. The van der Waals surface area contributed by atoms with Gasteiger partial charge in [-0.1, -0.05) is 48.0 Å². The first-order valence-corrected chi connectivity index (χ1v) is 11.8. The molecule has 6 nitrogen and oxygen atoms in total. The molecule has 0 unspecified atom stereocenters. The number of carbonyl (C=O) groups excluding carboxylic acids is 1. The number of ketones is 1. The van der Waals surface area contributed by atoms with Crippen LogP contribution in [0.4, 0.5) is 0 Å². The Bertz CT molecular complexity index is 983. The van der Waals surface area contributed by atoms with Gasteiger partial charge in [-0.05, 0) is 48.9 Å². The Hall–Kier alpha value is -1.86. The second-order valence-corrected chi connectivity index (χ2v) is 11.2. The zero-order valence-corrected chi connectivity index (χ0v) is 22.8. The molecule has 7 heteroatoms. The smallest absolute Gasteiger partial charge is 0.202 e. The number of halogens is 1. The molecule has 0 spiro atoms. The van der Waals surface area contributed by atoms with E-state index >= 15 is 0 Å². The number of nitrogens with zero attached hydrogens (tertiary/aromatic N) is 3. The molecule has 2 aromatic rings. The molecule has 0 radical (unpaired) electrons. The van der Waals surface area contributed by atoms with Gasteiger partial charge in [0.2, 0.25) is 5.62 Å². The molecular weight excluding hydrogens is 480 g/mol. The number of imidazole rings is 1. The molecule has 184 valence electrons. The number of nitrogens with one attached hydrogen (secondary N) is 1. The van der Waals surface area contributed by atoms with E-state index < -0.39 is 0 Å². The summed E-state index contributed by atoms with van der Waals surface area (Å²) in [6.45, 7) is 16.4. The van der Waals surface area contributed by atoms with Crippen LogP contribution in [0.25, 0.3) is 0 Å². The Kier molecular flexibility index (Phi) is 8.80. The topological polar surface area (TPSA) is 74.2 Å². The van der Waals surface area contributed by atoms with Gasteiger partial charge in [0.05, 0.1) is 6.54 Å². The third kappa shape index (κ3) is 6.60. The Labute approximate surface area is 208 Å². The first-order chi connectivity index (χ1) is 14.9. The molecule has 2 N–H and O–H groups in total. The number of aromatic nitrogens is 2. The van der Waals surface area contributed by atoms with E-state index in [2.05, 4.69) is 4.90 Å². The lowest BCUT2D eigenvalue weighted by Gasteiger charge is -2.28. The summed E-state index contributed by atoms with van der Waals surface area (Å²) in [4.78, 5) is 15.7. The Morgan fingerprint density at radius 3 is 1.94 bits per heavy atom. The van der Waals surface area contributed by atoms with Crippen LogP contribution in [0.3, 0.4) is 0 Å². The van der Waals surface area contributed by atoms with Crippen LogP contribution in [-0.4, -0.2) is 44.6 Å². The van der Waals surface area contributed by atoms with Crippen LogP contribution in [0.2, 0.25) is 0 Å². The van der Waals surface area contributed by atoms with Crippen LogP contribution in [0.1, 0.15) is 82.3 Å². The van der Waals surface area contributed by atoms with Gasteiger partial charge in [0.1, 0.15) is 5.75 Å². The first-order valence-electron chi connectivity index (χ1n) is 11.8. The van der Waals surface area contributed by atoms with Crippen molar-refractivity contribution in [1.29, 1.82) is 5.41 Å². The molecule has 0 atom stereocenters. The molecular formula is C26H41BrN4O2. The van der Waals surface area contributed by atoms with Gasteiger partial charge < -0.3 is 19.1 Å². The monoisotopic (exact) mass is 520 g/mol. The number of phenolic OH excluding ortho intramolecular Hbond substituents is 1. The van der Waals surface area contributed by atoms with Gasteiger partial charge in [-0.3, -0.25) is 10.2 Å². The zero-order valence-electron chi connectivity index (χ0n) is 21.1. The average molecular weight is 522 g/mol. The van der Waals surface area contributed by atoms with Crippen molar-refractivity contribution in [3.63, 3.8) is 0 Å². The largest absolute Gasteiger partial charge is 0.507 e. The summed E-state index contributed by atoms with van der Waals surface area (Å²) in [6, 6.07) is 3.65. The van der Waals surface area contributed by atoms with Crippen molar-refractivity contribution in [3.05, 3.63) is 46.8 Å². The van der Waals surface area contributed by atoms with Gasteiger partial charge in [0, 0.05) is 42.2 Å². The summed E-state index contributed by atoms with van der Waals surface area (Å²) in [5.74, 6) is 0.229. The minimum absolute atomic E-state index is 0. The number of Topliss-reactive ketones (excluding diaryl/α,β-unsaturated/α-hetero) is 1. The van der Waals surface area contributed by atoms with Crippen molar-refractivity contribution in [2.45, 2.75) is 84.7 Å². The van der Waals surface area contributed by atoms with Crippen LogP contribution in [0.15, 0.2) is 24.5 Å². The standard InChI is InChI=1S/C26H40N4O2.BrH/c1-25(2,3)20-16-19(17-21(23(20)32)26(4,5)6)22(31)18-30-15-14-29(24(30)27)13-12-28-10-8-7-9-11-28;/h14-17,27,32H,7-13,18H2,1-6H3;1H. The van der Waals surface area contributed by atoms with Crippen LogP contribution in [0.5, 0.6) is 5.75 Å². The maximum Gasteiger partial charge on any atom is 0.202 e. The number of carbonyl (C=O) groups is 1. The highest BCUT2D eigenvalue weighted by atomic mass is 79.9. The average Bonchev–Trinajstić information content (AvgIpc) is 3.05. The predicted molar refractivity (Wildman–Crippen MR) is 139 cm³/mol. The number of hydrogen-bond donors (Lipinski definition) is 2. The minimum atomic E-state index is -0.286. The van der Waals surface area contributed by atoms with Crippen molar-refractivity contribution in [1.82, 2.24) is 14.0 Å². The Morgan fingerprint density at radius 1 is 0.909 bits per heavy atom. The second-order valence-electron chi connectivity index (χ2n) is 11.2. The number of rotatable bonds is 6. The molecule has 1 aromatic carbocycles. The van der Waals surface area contributed by atoms with Crippen molar-refractivity contribution in [2.24, 2.45) is 0 Å².